The second kappa shape index (κ2) is 4.36. The summed E-state index contributed by atoms with van der Waals surface area (Å²) in [4.78, 5) is 25.6. The van der Waals surface area contributed by atoms with Crippen LogP contribution >= 0.6 is 0 Å². The van der Waals surface area contributed by atoms with Gasteiger partial charge < -0.3 is 15.3 Å². The Hall–Kier alpha value is -2.57. The molecule has 2 aromatic rings. The zero-order valence-electron chi connectivity index (χ0n) is 9.20. The number of benzene rings is 1. The number of phenolic OH excluding ortho intramolecular Hbond substituents is 2. The highest BCUT2D eigenvalue weighted by Gasteiger charge is 2.11. The van der Waals surface area contributed by atoms with Crippen molar-refractivity contribution < 1.29 is 20.1 Å². The number of aliphatic carboxylic acids is 1. The molecular formula is C11H10N2O5. The van der Waals surface area contributed by atoms with Crippen molar-refractivity contribution in [1.82, 2.24) is 9.55 Å². The average Bonchev–Trinajstić information content (AvgIpc) is 2.32. The summed E-state index contributed by atoms with van der Waals surface area (Å²) in [5.41, 5.74) is -0.277. The molecule has 7 heteroatoms. The summed E-state index contributed by atoms with van der Waals surface area (Å²) in [6, 6.07) is 2.66. The van der Waals surface area contributed by atoms with Crippen molar-refractivity contribution in [2.24, 2.45) is 0 Å². The van der Waals surface area contributed by atoms with Crippen LogP contribution in [0.4, 0.5) is 0 Å². The lowest BCUT2D eigenvalue weighted by atomic mass is 10.2. The van der Waals surface area contributed by atoms with Gasteiger partial charge in [-0.1, -0.05) is 0 Å². The van der Waals surface area contributed by atoms with Crippen molar-refractivity contribution >= 4 is 16.9 Å². The number of fused-ring (bicyclic) bond motifs is 1. The largest absolute Gasteiger partial charge is 0.504 e. The number of aromatic hydroxyl groups is 2. The quantitative estimate of drug-likeness (QED) is 0.674. The third-order valence-electron chi connectivity index (χ3n) is 2.55. The van der Waals surface area contributed by atoms with Crippen LogP contribution in [-0.2, 0) is 11.3 Å². The van der Waals surface area contributed by atoms with E-state index in [-0.39, 0.29) is 29.9 Å². The Morgan fingerprint density at radius 1 is 1.33 bits per heavy atom. The van der Waals surface area contributed by atoms with Gasteiger partial charge in [0.1, 0.15) is 0 Å². The predicted octanol–water partition coefficient (Wildman–Crippen LogP) is 0.282. The number of nitrogens with zero attached hydrogens (tertiary/aromatic N) is 2. The van der Waals surface area contributed by atoms with Gasteiger partial charge in [0.25, 0.3) is 0 Å². The van der Waals surface area contributed by atoms with E-state index in [9.17, 15) is 19.8 Å². The van der Waals surface area contributed by atoms with Gasteiger partial charge in [-0.2, -0.15) is 0 Å². The van der Waals surface area contributed by atoms with E-state index in [1.165, 1.54) is 12.1 Å². The van der Waals surface area contributed by atoms with Gasteiger partial charge in [-0.25, -0.2) is 9.78 Å². The molecule has 2 rings (SSSR count). The topological polar surface area (TPSA) is 113 Å². The Kier molecular flexibility index (Phi) is 2.88. The molecule has 0 saturated carbocycles. The number of carboxylic acid groups (broad SMARTS) is 1. The lowest BCUT2D eigenvalue weighted by molar-refractivity contribution is -0.137. The number of aromatic nitrogens is 2. The standard InChI is InChI=1S/C11H10N2O5/c14-8-2-1-7-6(10(8)17)5-12-11(18)13(7)4-3-9(15)16/h1-2,5,14,17H,3-4H2,(H,15,16). The smallest absolute Gasteiger partial charge is 0.348 e. The number of carboxylic acids is 1. The molecule has 1 aromatic heterocycles. The molecule has 94 valence electrons. The molecule has 0 unspecified atom stereocenters. The van der Waals surface area contributed by atoms with E-state index < -0.39 is 11.7 Å². The monoisotopic (exact) mass is 250 g/mol. The van der Waals surface area contributed by atoms with Gasteiger partial charge in [0.2, 0.25) is 0 Å². The van der Waals surface area contributed by atoms with Gasteiger partial charge in [-0.3, -0.25) is 9.36 Å². The number of rotatable bonds is 3. The van der Waals surface area contributed by atoms with Gasteiger partial charge in [0.05, 0.1) is 17.3 Å². The zero-order chi connectivity index (χ0) is 13.3. The summed E-state index contributed by atoms with van der Waals surface area (Å²) in [6.45, 7) is -0.0529. The fourth-order valence-corrected chi connectivity index (χ4v) is 1.66. The lowest BCUT2D eigenvalue weighted by Gasteiger charge is -2.09. The zero-order valence-corrected chi connectivity index (χ0v) is 9.20. The molecular weight excluding hydrogens is 240 g/mol. The minimum atomic E-state index is -1.04. The van der Waals surface area contributed by atoms with Crippen LogP contribution in [0.2, 0.25) is 0 Å². The maximum Gasteiger partial charge on any atom is 0.348 e. The third kappa shape index (κ3) is 1.97. The molecule has 1 aromatic carbocycles. The van der Waals surface area contributed by atoms with Gasteiger partial charge in [-0.05, 0) is 12.1 Å². The van der Waals surface area contributed by atoms with Crippen LogP contribution in [0.3, 0.4) is 0 Å². The molecule has 0 bridgehead atoms. The molecule has 0 fully saturated rings. The van der Waals surface area contributed by atoms with Crippen molar-refractivity contribution in [1.29, 1.82) is 0 Å². The summed E-state index contributed by atoms with van der Waals surface area (Å²) >= 11 is 0. The van der Waals surface area contributed by atoms with Crippen LogP contribution in [0.25, 0.3) is 10.9 Å². The van der Waals surface area contributed by atoms with Crippen LogP contribution < -0.4 is 5.69 Å². The average molecular weight is 250 g/mol. The van der Waals surface area contributed by atoms with Crippen LogP contribution in [0.5, 0.6) is 11.5 Å². The van der Waals surface area contributed by atoms with E-state index in [0.29, 0.717) is 5.52 Å². The number of carbonyl (C=O) groups is 1. The Morgan fingerprint density at radius 3 is 2.72 bits per heavy atom. The van der Waals surface area contributed by atoms with E-state index in [1.54, 1.807) is 0 Å². The van der Waals surface area contributed by atoms with Crippen molar-refractivity contribution in [2.45, 2.75) is 13.0 Å². The first-order valence-electron chi connectivity index (χ1n) is 5.13. The molecule has 0 amide bonds. The molecule has 7 nitrogen and oxygen atoms in total. The van der Waals surface area contributed by atoms with Crippen molar-refractivity contribution in [3.05, 3.63) is 28.8 Å². The molecule has 0 saturated heterocycles. The number of hydrogen-bond donors (Lipinski definition) is 3. The second-order valence-corrected chi connectivity index (χ2v) is 3.70. The Labute approximate surface area is 101 Å². The second-order valence-electron chi connectivity index (χ2n) is 3.70. The third-order valence-corrected chi connectivity index (χ3v) is 2.55. The van der Waals surface area contributed by atoms with E-state index >= 15 is 0 Å². The van der Waals surface area contributed by atoms with Crippen molar-refractivity contribution in [3.8, 4) is 11.5 Å². The first kappa shape index (κ1) is 11.9. The van der Waals surface area contributed by atoms with Gasteiger partial charge in [-0.15, -0.1) is 0 Å². The maximum atomic E-state index is 11.6. The molecule has 18 heavy (non-hydrogen) atoms. The van der Waals surface area contributed by atoms with Crippen LogP contribution in [0.1, 0.15) is 6.42 Å². The molecule has 0 atom stereocenters. The highest BCUT2D eigenvalue weighted by molar-refractivity contribution is 5.87. The van der Waals surface area contributed by atoms with Crippen LogP contribution in [-0.4, -0.2) is 30.8 Å². The van der Waals surface area contributed by atoms with Crippen molar-refractivity contribution in [3.63, 3.8) is 0 Å². The molecule has 0 radical (unpaired) electrons. The number of hydrogen-bond acceptors (Lipinski definition) is 5. The fourth-order valence-electron chi connectivity index (χ4n) is 1.66. The first-order chi connectivity index (χ1) is 8.50. The van der Waals surface area contributed by atoms with Gasteiger partial charge in [0.15, 0.2) is 11.5 Å². The molecule has 0 spiro atoms. The Bertz CT molecular complexity index is 677. The van der Waals surface area contributed by atoms with Gasteiger partial charge >= 0.3 is 11.7 Å². The molecule has 1 heterocycles. The Morgan fingerprint density at radius 2 is 2.06 bits per heavy atom. The normalized spacial score (nSPS) is 10.7. The summed E-state index contributed by atoms with van der Waals surface area (Å²) < 4.78 is 1.14. The highest BCUT2D eigenvalue weighted by Crippen LogP contribution is 2.32. The van der Waals surface area contributed by atoms with Crippen LogP contribution in [0, 0.1) is 0 Å². The number of aryl methyl sites for hydroxylation is 1. The minimum Gasteiger partial charge on any atom is -0.504 e. The fraction of sp³-hybridized carbons (Fsp3) is 0.182. The summed E-state index contributed by atoms with van der Waals surface area (Å²) in [5.74, 6) is -1.75. The van der Waals surface area contributed by atoms with Crippen molar-refractivity contribution in [2.75, 3.05) is 0 Å². The SMILES string of the molecule is O=C(O)CCn1c(=O)ncc2c(O)c(O)ccc21. The Balaban J connectivity index is 2.64. The minimum absolute atomic E-state index is 0.0529. The summed E-state index contributed by atoms with van der Waals surface area (Å²) in [7, 11) is 0. The first-order valence-corrected chi connectivity index (χ1v) is 5.13. The predicted molar refractivity (Wildman–Crippen MR) is 61.6 cm³/mol. The highest BCUT2D eigenvalue weighted by atomic mass is 16.4. The van der Waals surface area contributed by atoms with Crippen LogP contribution in [0.15, 0.2) is 23.1 Å². The molecule has 0 aliphatic rings. The molecule has 0 aliphatic heterocycles. The molecule has 0 aliphatic carbocycles. The van der Waals surface area contributed by atoms with E-state index in [1.807, 2.05) is 0 Å². The van der Waals surface area contributed by atoms with E-state index in [2.05, 4.69) is 4.98 Å². The van der Waals surface area contributed by atoms with E-state index in [4.69, 9.17) is 5.11 Å². The summed E-state index contributed by atoms with van der Waals surface area (Å²) in [5, 5.41) is 27.8. The maximum absolute atomic E-state index is 11.6. The van der Waals surface area contributed by atoms with E-state index in [0.717, 1.165) is 10.8 Å². The molecule has 3 N–H and O–H groups in total. The lowest BCUT2D eigenvalue weighted by Crippen LogP contribution is -2.24. The number of phenols is 2. The summed E-state index contributed by atoms with van der Waals surface area (Å²) in [6.07, 6.45) is 0.909. The van der Waals surface area contributed by atoms with Gasteiger partial charge in [0, 0.05) is 12.7 Å².